The van der Waals surface area contributed by atoms with Gasteiger partial charge in [-0.3, -0.25) is 9.59 Å². The molecule has 1 aromatic heterocycles. The second-order valence-corrected chi connectivity index (χ2v) is 6.75. The Morgan fingerprint density at radius 3 is 3.00 bits per heavy atom. The lowest BCUT2D eigenvalue weighted by Crippen LogP contribution is -2.42. The highest BCUT2D eigenvalue weighted by Gasteiger charge is 2.26. The zero-order valence-electron chi connectivity index (χ0n) is 14.2. The summed E-state index contributed by atoms with van der Waals surface area (Å²) in [6.45, 7) is 2.42. The van der Waals surface area contributed by atoms with Crippen molar-refractivity contribution in [2.24, 2.45) is 0 Å². The van der Waals surface area contributed by atoms with Crippen LogP contribution in [0.3, 0.4) is 0 Å². The monoisotopic (exact) mass is 361 g/mol. The van der Waals surface area contributed by atoms with Crippen molar-refractivity contribution in [1.29, 1.82) is 0 Å². The van der Waals surface area contributed by atoms with Crippen molar-refractivity contribution >= 4 is 17.5 Å². The standard InChI is InChI=1S/C18H20ClN3O3/c1-11(19)18(24)22-7-6-15-14(10-22)17(23)21-16(20-15)9-12-4-3-5-13(8-12)25-2/h3-5,8,11H,6-7,9-10H2,1-2H3,(H,20,21,23). The molecule has 0 spiro atoms. The number of alkyl halides is 1. The molecule has 3 rings (SSSR count). The molecule has 0 bridgehead atoms. The van der Waals surface area contributed by atoms with Gasteiger partial charge in [0.1, 0.15) is 17.0 Å². The number of halogens is 1. The molecule has 0 aliphatic carbocycles. The van der Waals surface area contributed by atoms with E-state index in [1.54, 1.807) is 18.9 Å². The smallest absolute Gasteiger partial charge is 0.256 e. The number of benzene rings is 1. The summed E-state index contributed by atoms with van der Waals surface area (Å²) in [6, 6.07) is 7.66. The third kappa shape index (κ3) is 3.85. The van der Waals surface area contributed by atoms with Crippen LogP contribution in [-0.4, -0.2) is 39.8 Å². The first-order chi connectivity index (χ1) is 12.0. The number of aromatic nitrogens is 2. The minimum absolute atomic E-state index is 0.160. The van der Waals surface area contributed by atoms with Crippen LogP contribution in [0.2, 0.25) is 0 Å². The number of rotatable bonds is 4. The number of hydrogen-bond acceptors (Lipinski definition) is 4. The van der Waals surface area contributed by atoms with Crippen LogP contribution in [0.1, 0.15) is 29.6 Å². The van der Waals surface area contributed by atoms with Gasteiger partial charge in [0.2, 0.25) is 5.91 Å². The van der Waals surface area contributed by atoms with E-state index in [-0.39, 0.29) is 18.0 Å². The molecule has 1 unspecified atom stereocenters. The summed E-state index contributed by atoms with van der Waals surface area (Å²) in [5, 5.41) is -0.596. The van der Waals surface area contributed by atoms with Crippen LogP contribution in [0, 0.1) is 0 Å². The molecule has 6 nitrogen and oxygen atoms in total. The van der Waals surface area contributed by atoms with Gasteiger partial charge < -0.3 is 14.6 Å². The maximum atomic E-state index is 12.4. The van der Waals surface area contributed by atoms with Crippen LogP contribution in [0.4, 0.5) is 0 Å². The predicted molar refractivity (Wildman–Crippen MR) is 95.1 cm³/mol. The number of nitrogens with one attached hydrogen (secondary N) is 1. The summed E-state index contributed by atoms with van der Waals surface area (Å²) in [5.41, 5.74) is 2.12. The van der Waals surface area contributed by atoms with Gasteiger partial charge in [0.05, 0.1) is 24.9 Å². The van der Waals surface area contributed by atoms with Gasteiger partial charge in [-0.1, -0.05) is 12.1 Å². The van der Waals surface area contributed by atoms with Gasteiger partial charge in [0, 0.05) is 19.4 Å². The lowest BCUT2D eigenvalue weighted by Gasteiger charge is -2.28. The molecule has 2 heterocycles. The van der Waals surface area contributed by atoms with Crippen molar-refractivity contribution in [3.63, 3.8) is 0 Å². The number of hydrogen-bond donors (Lipinski definition) is 1. The summed E-state index contributed by atoms with van der Waals surface area (Å²) in [4.78, 5) is 33.5. The number of nitrogens with zero attached hydrogens (tertiary/aromatic N) is 2. The number of methoxy groups -OCH3 is 1. The molecule has 132 valence electrons. The number of ether oxygens (including phenoxy) is 1. The van der Waals surface area contributed by atoms with E-state index in [1.807, 2.05) is 24.3 Å². The molecule has 25 heavy (non-hydrogen) atoms. The van der Waals surface area contributed by atoms with Gasteiger partial charge in [-0.2, -0.15) is 0 Å². The predicted octanol–water partition coefficient (Wildman–Crippen LogP) is 1.88. The van der Waals surface area contributed by atoms with Gasteiger partial charge in [-0.25, -0.2) is 4.98 Å². The molecule has 1 atom stereocenters. The number of H-pyrrole nitrogens is 1. The van der Waals surface area contributed by atoms with Crippen molar-refractivity contribution in [2.75, 3.05) is 13.7 Å². The number of aromatic amines is 1. The van der Waals surface area contributed by atoms with E-state index in [0.29, 0.717) is 30.8 Å². The van der Waals surface area contributed by atoms with E-state index >= 15 is 0 Å². The van der Waals surface area contributed by atoms with E-state index in [9.17, 15) is 9.59 Å². The molecule has 0 radical (unpaired) electrons. The Hall–Kier alpha value is -2.34. The fourth-order valence-electron chi connectivity index (χ4n) is 2.98. The molecule has 1 N–H and O–H groups in total. The number of carbonyl (C=O) groups is 1. The minimum Gasteiger partial charge on any atom is -0.497 e. The SMILES string of the molecule is COc1cccc(Cc2nc3c(c(=O)[nH]2)CN(C(=O)C(C)Cl)CC3)c1. The molecule has 1 aromatic carbocycles. The van der Waals surface area contributed by atoms with Gasteiger partial charge in [-0.05, 0) is 24.6 Å². The van der Waals surface area contributed by atoms with Crippen LogP contribution in [0.15, 0.2) is 29.1 Å². The molecule has 0 fully saturated rings. The molecule has 0 saturated heterocycles. The molecule has 2 aromatic rings. The normalized spacial score (nSPS) is 14.8. The maximum Gasteiger partial charge on any atom is 0.256 e. The maximum absolute atomic E-state index is 12.4. The highest BCUT2D eigenvalue weighted by Crippen LogP contribution is 2.18. The largest absolute Gasteiger partial charge is 0.497 e. The van der Waals surface area contributed by atoms with Crippen molar-refractivity contribution < 1.29 is 9.53 Å². The van der Waals surface area contributed by atoms with Crippen LogP contribution < -0.4 is 10.3 Å². The fourth-order valence-corrected chi connectivity index (χ4v) is 3.11. The Labute approximate surface area is 150 Å². The summed E-state index contributed by atoms with van der Waals surface area (Å²) < 4.78 is 5.22. The molecule has 1 amide bonds. The molecule has 1 aliphatic heterocycles. The quantitative estimate of drug-likeness (QED) is 0.844. The first-order valence-electron chi connectivity index (χ1n) is 8.14. The van der Waals surface area contributed by atoms with Gasteiger partial charge in [0.25, 0.3) is 5.56 Å². The van der Waals surface area contributed by atoms with Crippen LogP contribution in [-0.2, 0) is 24.2 Å². The highest BCUT2D eigenvalue weighted by atomic mass is 35.5. The minimum atomic E-state index is -0.596. The Balaban J connectivity index is 1.83. The second kappa shape index (κ2) is 7.27. The fraction of sp³-hybridized carbons (Fsp3) is 0.389. The van der Waals surface area contributed by atoms with E-state index in [0.717, 1.165) is 17.0 Å². The molecule has 7 heteroatoms. The molecular formula is C18H20ClN3O3. The zero-order chi connectivity index (χ0) is 18.0. The summed E-state index contributed by atoms with van der Waals surface area (Å²) in [6.07, 6.45) is 1.07. The topological polar surface area (TPSA) is 75.3 Å². The molecule has 0 saturated carbocycles. The zero-order valence-corrected chi connectivity index (χ0v) is 15.0. The average Bonchev–Trinajstić information content (AvgIpc) is 2.61. The summed E-state index contributed by atoms with van der Waals surface area (Å²) >= 11 is 5.87. The third-order valence-electron chi connectivity index (χ3n) is 4.28. The van der Waals surface area contributed by atoms with Crippen molar-refractivity contribution in [2.45, 2.75) is 31.7 Å². The Morgan fingerprint density at radius 1 is 1.48 bits per heavy atom. The van der Waals surface area contributed by atoms with E-state index in [2.05, 4.69) is 9.97 Å². The number of amides is 1. The van der Waals surface area contributed by atoms with Gasteiger partial charge in [-0.15, -0.1) is 11.6 Å². The van der Waals surface area contributed by atoms with Crippen LogP contribution >= 0.6 is 11.6 Å². The highest BCUT2D eigenvalue weighted by molar-refractivity contribution is 6.30. The lowest BCUT2D eigenvalue weighted by molar-refractivity contribution is -0.131. The third-order valence-corrected chi connectivity index (χ3v) is 4.46. The lowest BCUT2D eigenvalue weighted by atomic mass is 10.1. The molecular weight excluding hydrogens is 342 g/mol. The Bertz CT molecular complexity index is 848. The first-order valence-corrected chi connectivity index (χ1v) is 8.58. The second-order valence-electron chi connectivity index (χ2n) is 6.09. The summed E-state index contributed by atoms with van der Waals surface area (Å²) in [5.74, 6) is 1.22. The van der Waals surface area contributed by atoms with Crippen molar-refractivity contribution in [3.05, 3.63) is 57.3 Å². The van der Waals surface area contributed by atoms with E-state index in [4.69, 9.17) is 16.3 Å². The van der Waals surface area contributed by atoms with Crippen LogP contribution in [0.5, 0.6) is 5.75 Å². The average molecular weight is 362 g/mol. The number of carbonyl (C=O) groups excluding carboxylic acids is 1. The first kappa shape index (κ1) is 17.5. The van der Waals surface area contributed by atoms with Crippen LogP contribution in [0.25, 0.3) is 0 Å². The van der Waals surface area contributed by atoms with E-state index < -0.39 is 5.38 Å². The van der Waals surface area contributed by atoms with Gasteiger partial charge >= 0.3 is 0 Å². The Morgan fingerprint density at radius 2 is 2.28 bits per heavy atom. The molecule has 1 aliphatic rings. The van der Waals surface area contributed by atoms with Crippen molar-refractivity contribution in [3.8, 4) is 5.75 Å². The summed E-state index contributed by atoms with van der Waals surface area (Å²) in [7, 11) is 1.62. The van der Waals surface area contributed by atoms with Crippen molar-refractivity contribution in [1.82, 2.24) is 14.9 Å². The van der Waals surface area contributed by atoms with E-state index in [1.165, 1.54) is 0 Å². The Kier molecular flexibility index (Phi) is 5.08. The number of fused-ring (bicyclic) bond motifs is 1. The van der Waals surface area contributed by atoms with Gasteiger partial charge in [0.15, 0.2) is 0 Å².